The first kappa shape index (κ1) is 27.4. The molecule has 162 valence electrons. The number of rotatable bonds is 7. The van der Waals surface area contributed by atoms with E-state index in [-0.39, 0.29) is 18.3 Å². The standard InChI is InChI=1S/C13H8F2I4O9S/c1-3(13(14,15)29(24,25)26)28-4(20)2-27-12(23)6-5(11(21)22)7(16)9(18)10(19)8(6)17/h3H,2H2,1H3,(H,21,22)(H,24,25,26). The lowest BCUT2D eigenvalue weighted by atomic mass is 10.1. The van der Waals surface area contributed by atoms with Crippen molar-refractivity contribution in [1.82, 2.24) is 0 Å². The Bertz CT molecular complexity index is 981. The first-order chi connectivity index (χ1) is 13.0. The zero-order valence-electron chi connectivity index (χ0n) is 13.7. The highest BCUT2D eigenvalue weighted by Crippen LogP contribution is 2.33. The normalized spacial score (nSPS) is 13.0. The highest BCUT2D eigenvalue weighted by molar-refractivity contribution is 14.1. The van der Waals surface area contributed by atoms with Crippen LogP contribution in [0.4, 0.5) is 8.78 Å². The maximum atomic E-state index is 13.4. The summed E-state index contributed by atoms with van der Waals surface area (Å²) in [5, 5.41) is 4.64. The fourth-order valence-electron chi connectivity index (χ4n) is 1.73. The number of carboxylic acids is 1. The Labute approximate surface area is 216 Å². The summed E-state index contributed by atoms with van der Waals surface area (Å²) < 4.78 is 67.0. The van der Waals surface area contributed by atoms with E-state index in [2.05, 4.69) is 9.47 Å². The van der Waals surface area contributed by atoms with E-state index in [1.807, 2.05) is 45.2 Å². The Morgan fingerprint density at radius 2 is 1.48 bits per heavy atom. The molecule has 1 unspecified atom stereocenters. The van der Waals surface area contributed by atoms with E-state index in [1.165, 1.54) is 0 Å². The molecule has 1 aromatic rings. The zero-order valence-corrected chi connectivity index (χ0v) is 23.2. The van der Waals surface area contributed by atoms with E-state index in [1.54, 1.807) is 45.2 Å². The van der Waals surface area contributed by atoms with Crippen LogP contribution in [0.3, 0.4) is 0 Å². The lowest BCUT2D eigenvalue weighted by Gasteiger charge is -2.20. The molecule has 0 amide bonds. The van der Waals surface area contributed by atoms with Gasteiger partial charge < -0.3 is 14.6 Å². The monoisotopic (exact) mass is 886 g/mol. The Hall–Kier alpha value is 0.320. The van der Waals surface area contributed by atoms with Gasteiger partial charge in [-0.1, -0.05) is 0 Å². The summed E-state index contributed by atoms with van der Waals surface area (Å²) in [6.07, 6.45) is -2.57. The third-order valence-electron chi connectivity index (χ3n) is 3.13. The number of halogens is 6. The number of alkyl halides is 2. The van der Waals surface area contributed by atoms with Crippen LogP contribution in [0.15, 0.2) is 0 Å². The van der Waals surface area contributed by atoms with Gasteiger partial charge in [0.15, 0.2) is 12.7 Å². The minimum atomic E-state index is -5.84. The van der Waals surface area contributed by atoms with Crippen LogP contribution >= 0.6 is 90.4 Å². The second-order valence-electron chi connectivity index (χ2n) is 5.06. The van der Waals surface area contributed by atoms with Gasteiger partial charge in [-0.25, -0.2) is 14.4 Å². The number of benzene rings is 1. The van der Waals surface area contributed by atoms with Gasteiger partial charge in [-0.05, 0) is 97.3 Å². The van der Waals surface area contributed by atoms with Crippen LogP contribution in [-0.2, 0) is 24.4 Å². The predicted octanol–water partition coefficient (Wildman–Crippen LogP) is 3.37. The molecule has 0 aliphatic heterocycles. The smallest absolute Gasteiger partial charge is 0.405 e. The van der Waals surface area contributed by atoms with E-state index < -0.39 is 46.0 Å². The van der Waals surface area contributed by atoms with E-state index in [4.69, 9.17) is 4.55 Å². The maximum absolute atomic E-state index is 13.4. The molecular weight excluding hydrogens is 878 g/mol. The van der Waals surface area contributed by atoms with Crippen molar-refractivity contribution < 1.29 is 50.7 Å². The molecule has 2 N–H and O–H groups in total. The van der Waals surface area contributed by atoms with E-state index >= 15 is 0 Å². The molecular formula is C13H8F2I4O9S. The maximum Gasteiger partial charge on any atom is 0.405 e. The predicted molar refractivity (Wildman–Crippen MR) is 127 cm³/mol. The van der Waals surface area contributed by atoms with Gasteiger partial charge in [-0.3, -0.25) is 4.55 Å². The highest BCUT2D eigenvalue weighted by atomic mass is 127. The van der Waals surface area contributed by atoms with Gasteiger partial charge in [0.05, 0.1) is 11.1 Å². The van der Waals surface area contributed by atoms with Crippen molar-refractivity contribution in [2.24, 2.45) is 0 Å². The number of hydrogen-bond donors (Lipinski definition) is 2. The Balaban J connectivity index is 3.05. The van der Waals surface area contributed by atoms with Crippen LogP contribution in [-0.4, -0.2) is 54.0 Å². The highest BCUT2D eigenvalue weighted by Gasteiger charge is 2.52. The van der Waals surface area contributed by atoms with Crippen molar-refractivity contribution in [2.45, 2.75) is 18.3 Å². The summed E-state index contributed by atoms with van der Waals surface area (Å²) in [6.45, 7) is -0.679. The summed E-state index contributed by atoms with van der Waals surface area (Å²) in [5.74, 6) is -4.17. The molecule has 16 heteroatoms. The largest absolute Gasteiger partial charge is 0.478 e. The number of carboxylic acid groups (broad SMARTS) is 1. The average Bonchev–Trinajstić information content (AvgIpc) is 2.59. The van der Waals surface area contributed by atoms with Crippen LogP contribution in [0, 0.1) is 14.3 Å². The van der Waals surface area contributed by atoms with E-state index in [0.29, 0.717) is 14.1 Å². The summed E-state index contributed by atoms with van der Waals surface area (Å²) >= 11 is 7.26. The van der Waals surface area contributed by atoms with Gasteiger partial charge in [-0.15, -0.1) is 0 Å². The fourth-order valence-corrected chi connectivity index (χ4v) is 5.84. The Kier molecular flexibility index (Phi) is 9.71. The molecule has 0 radical (unpaired) electrons. The van der Waals surface area contributed by atoms with Crippen LogP contribution in [0.2, 0.25) is 0 Å². The van der Waals surface area contributed by atoms with E-state index in [9.17, 15) is 36.7 Å². The zero-order chi connectivity index (χ0) is 22.9. The number of ether oxygens (including phenoxy) is 2. The topological polar surface area (TPSA) is 144 Å². The van der Waals surface area contributed by atoms with Crippen LogP contribution in [0.1, 0.15) is 27.6 Å². The number of aromatic carboxylic acids is 1. The third kappa shape index (κ3) is 6.19. The summed E-state index contributed by atoms with van der Waals surface area (Å²) in [7, 11) is -5.84. The van der Waals surface area contributed by atoms with Gasteiger partial charge in [0.2, 0.25) is 0 Å². The molecule has 0 fully saturated rings. The third-order valence-corrected chi connectivity index (χ3v) is 11.6. The summed E-state index contributed by atoms with van der Waals surface area (Å²) in [6, 6.07) is 0. The first-order valence-corrected chi connectivity index (χ1v) is 12.6. The molecule has 1 aromatic carbocycles. The Morgan fingerprint density at radius 1 is 1.03 bits per heavy atom. The van der Waals surface area contributed by atoms with Crippen molar-refractivity contribution >= 4 is 118 Å². The minimum absolute atomic E-state index is 0.245. The van der Waals surface area contributed by atoms with Crippen molar-refractivity contribution in [3.8, 4) is 0 Å². The molecule has 0 heterocycles. The minimum Gasteiger partial charge on any atom is -0.478 e. The van der Waals surface area contributed by atoms with Crippen LogP contribution < -0.4 is 0 Å². The lowest BCUT2D eigenvalue weighted by Crippen LogP contribution is -2.42. The van der Waals surface area contributed by atoms with Gasteiger partial charge in [0.25, 0.3) is 0 Å². The molecule has 1 atom stereocenters. The number of esters is 2. The number of hydrogen-bond acceptors (Lipinski definition) is 7. The number of carbonyl (C=O) groups is 3. The van der Waals surface area contributed by atoms with E-state index in [0.717, 1.165) is 0 Å². The van der Waals surface area contributed by atoms with Crippen molar-refractivity contribution in [3.63, 3.8) is 0 Å². The van der Waals surface area contributed by atoms with Crippen LogP contribution in [0.5, 0.6) is 0 Å². The molecule has 0 bridgehead atoms. The summed E-state index contributed by atoms with van der Waals surface area (Å²) in [4.78, 5) is 35.6. The molecule has 0 aromatic heterocycles. The fraction of sp³-hybridized carbons (Fsp3) is 0.308. The molecule has 1 rings (SSSR count). The molecule has 0 saturated heterocycles. The molecule has 9 nitrogen and oxygen atoms in total. The van der Waals surface area contributed by atoms with Crippen molar-refractivity contribution in [1.29, 1.82) is 0 Å². The van der Waals surface area contributed by atoms with Gasteiger partial charge >= 0.3 is 33.3 Å². The molecule has 29 heavy (non-hydrogen) atoms. The SMILES string of the molecule is CC(OC(=O)COC(=O)c1c(I)c(I)c(I)c(I)c1C(=O)O)C(F)(F)S(=O)(=O)O. The quantitative estimate of drug-likeness (QED) is 0.139. The first-order valence-electron chi connectivity index (χ1n) is 6.84. The molecule has 0 saturated carbocycles. The molecule has 0 spiro atoms. The second-order valence-corrected chi connectivity index (χ2v) is 10.9. The van der Waals surface area contributed by atoms with Gasteiger partial charge in [-0.2, -0.15) is 17.2 Å². The molecule has 0 aliphatic rings. The number of carbonyl (C=O) groups excluding carboxylic acids is 2. The molecule has 0 aliphatic carbocycles. The van der Waals surface area contributed by atoms with Crippen LogP contribution in [0.25, 0.3) is 0 Å². The average molecular weight is 886 g/mol. The van der Waals surface area contributed by atoms with Gasteiger partial charge in [0, 0.05) is 14.3 Å². The van der Waals surface area contributed by atoms with Gasteiger partial charge in [0.1, 0.15) is 0 Å². The lowest BCUT2D eigenvalue weighted by molar-refractivity contribution is -0.162. The summed E-state index contributed by atoms with van der Waals surface area (Å²) in [5.41, 5.74) is -0.694. The van der Waals surface area contributed by atoms with Crippen molar-refractivity contribution in [3.05, 3.63) is 25.4 Å². The second kappa shape index (κ2) is 10.3. The Morgan fingerprint density at radius 3 is 1.90 bits per heavy atom. The van der Waals surface area contributed by atoms with Crippen molar-refractivity contribution in [2.75, 3.05) is 6.61 Å².